The zero-order valence-electron chi connectivity index (χ0n) is 13.0. The summed E-state index contributed by atoms with van der Waals surface area (Å²) in [5, 5.41) is 16.4. The van der Waals surface area contributed by atoms with Gasteiger partial charge in [-0.1, -0.05) is 0 Å². The molecule has 126 valence electrons. The molecule has 0 spiro atoms. The summed E-state index contributed by atoms with van der Waals surface area (Å²) in [6.45, 7) is 3.82. The van der Waals surface area contributed by atoms with Gasteiger partial charge >= 0.3 is 5.97 Å². The molecule has 1 atom stereocenters. The average molecular weight is 322 g/mol. The lowest BCUT2D eigenvalue weighted by Crippen LogP contribution is -2.49. The number of amides is 1. The molecule has 0 radical (unpaired) electrons. The Hall–Kier alpha value is -1.93. The molecule has 0 aromatic carbocycles. The zero-order chi connectivity index (χ0) is 16.2. The fraction of sp³-hybridized carbons (Fsp3) is 0.667. The minimum Gasteiger partial charge on any atom is -0.481 e. The van der Waals surface area contributed by atoms with Gasteiger partial charge in [0.05, 0.1) is 31.0 Å². The third kappa shape index (κ3) is 3.89. The van der Waals surface area contributed by atoms with E-state index in [-0.39, 0.29) is 12.3 Å². The molecule has 23 heavy (non-hydrogen) atoms. The molecule has 1 aromatic rings. The van der Waals surface area contributed by atoms with Gasteiger partial charge in [-0.25, -0.2) is 0 Å². The van der Waals surface area contributed by atoms with Crippen LogP contribution in [0.5, 0.6) is 0 Å². The summed E-state index contributed by atoms with van der Waals surface area (Å²) in [6.07, 6.45) is 0.906. The maximum atomic E-state index is 12.6. The lowest BCUT2D eigenvalue weighted by Gasteiger charge is -2.28. The number of aromatic nitrogens is 2. The highest BCUT2D eigenvalue weighted by Gasteiger charge is 2.28. The van der Waals surface area contributed by atoms with Gasteiger partial charge < -0.3 is 20.1 Å². The highest BCUT2D eigenvalue weighted by Crippen LogP contribution is 2.16. The summed E-state index contributed by atoms with van der Waals surface area (Å²) < 4.78 is 7.44. The van der Waals surface area contributed by atoms with E-state index < -0.39 is 12.1 Å². The molecule has 0 unspecified atom stereocenters. The van der Waals surface area contributed by atoms with Crippen molar-refractivity contribution in [3.05, 3.63) is 17.5 Å². The Kier molecular flexibility index (Phi) is 4.92. The Morgan fingerprint density at radius 1 is 1.43 bits per heavy atom. The van der Waals surface area contributed by atoms with E-state index in [9.17, 15) is 9.59 Å². The Morgan fingerprint density at radius 2 is 2.30 bits per heavy atom. The molecule has 8 heteroatoms. The van der Waals surface area contributed by atoms with Crippen LogP contribution in [0.1, 0.15) is 24.2 Å². The third-order valence-corrected chi connectivity index (χ3v) is 4.17. The fourth-order valence-electron chi connectivity index (χ4n) is 2.99. The van der Waals surface area contributed by atoms with Crippen LogP contribution < -0.4 is 5.32 Å². The highest BCUT2D eigenvalue weighted by molar-refractivity contribution is 5.81. The van der Waals surface area contributed by atoms with E-state index in [1.165, 1.54) is 0 Å². The number of nitrogens with zero attached hydrogens (tertiary/aromatic N) is 3. The van der Waals surface area contributed by atoms with E-state index in [0.29, 0.717) is 32.7 Å². The molecule has 0 aliphatic carbocycles. The number of carbonyl (C=O) groups is 2. The largest absolute Gasteiger partial charge is 0.481 e. The number of nitrogens with one attached hydrogen (secondary N) is 1. The van der Waals surface area contributed by atoms with E-state index in [4.69, 9.17) is 9.84 Å². The van der Waals surface area contributed by atoms with Crippen molar-refractivity contribution in [3.8, 4) is 0 Å². The zero-order valence-corrected chi connectivity index (χ0v) is 13.0. The summed E-state index contributed by atoms with van der Waals surface area (Å²) in [4.78, 5) is 25.1. The minimum atomic E-state index is -0.827. The van der Waals surface area contributed by atoms with Gasteiger partial charge in [0.15, 0.2) is 0 Å². The van der Waals surface area contributed by atoms with Crippen molar-refractivity contribution in [2.45, 2.75) is 38.5 Å². The molecule has 0 bridgehead atoms. The monoisotopic (exact) mass is 322 g/mol. The number of carbonyl (C=O) groups excluding carboxylic acids is 1. The van der Waals surface area contributed by atoms with Crippen molar-refractivity contribution >= 4 is 11.9 Å². The van der Waals surface area contributed by atoms with Crippen LogP contribution in [0.15, 0.2) is 6.07 Å². The number of carboxylic acid groups (broad SMARTS) is 1. The second-order valence-corrected chi connectivity index (χ2v) is 5.92. The SMILES string of the molecule is O=C(O)CCc1cc2n(n1)CCCN(C(=O)[C@@H]1CNCCO1)C2. The Balaban J connectivity index is 1.67. The van der Waals surface area contributed by atoms with Crippen molar-refractivity contribution in [1.82, 2.24) is 20.0 Å². The topological polar surface area (TPSA) is 96.7 Å². The van der Waals surface area contributed by atoms with Crippen molar-refractivity contribution in [2.75, 3.05) is 26.2 Å². The third-order valence-electron chi connectivity index (χ3n) is 4.17. The molecule has 1 fully saturated rings. The van der Waals surface area contributed by atoms with Gasteiger partial charge in [-0.2, -0.15) is 5.10 Å². The summed E-state index contributed by atoms with van der Waals surface area (Å²) in [7, 11) is 0. The Labute approximate surface area is 134 Å². The first kappa shape index (κ1) is 15.9. The molecule has 3 rings (SSSR count). The van der Waals surface area contributed by atoms with Crippen LogP contribution in [0.4, 0.5) is 0 Å². The van der Waals surface area contributed by atoms with Crippen LogP contribution in [0, 0.1) is 0 Å². The van der Waals surface area contributed by atoms with Gasteiger partial charge in [-0.05, 0) is 12.5 Å². The Morgan fingerprint density at radius 3 is 3.04 bits per heavy atom. The van der Waals surface area contributed by atoms with Gasteiger partial charge in [0.25, 0.3) is 5.91 Å². The maximum Gasteiger partial charge on any atom is 0.303 e. The van der Waals surface area contributed by atoms with Crippen molar-refractivity contribution in [2.24, 2.45) is 0 Å². The fourth-order valence-corrected chi connectivity index (χ4v) is 2.99. The number of hydrogen-bond acceptors (Lipinski definition) is 5. The smallest absolute Gasteiger partial charge is 0.303 e. The van der Waals surface area contributed by atoms with Crippen LogP contribution in [-0.2, 0) is 33.8 Å². The lowest BCUT2D eigenvalue weighted by molar-refractivity contribution is -0.145. The molecular weight excluding hydrogens is 300 g/mol. The van der Waals surface area contributed by atoms with Crippen LogP contribution in [0.2, 0.25) is 0 Å². The van der Waals surface area contributed by atoms with E-state index in [1.54, 1.807) is 0 Å². The number of aliphatic carboxylic acids is 1. The predicted octanol–water partition coefficient (Wildman–Crippen LogP) is -0.379. The van der Waals surface area contributed by atoms with Gasteiger partial charge in [0, 0.05) is 32.6 Å². The number of aryl methyl sites for hydroxylation is 2. The standard InChI is InChI=1S/C15H22N4O4/c20-14(21)3-2-11-8-12-10-18(5-1-6-19(12)17-11)15(22)13-9-16-4-7-23-13/h8,13,16H,1-7,9-10H2,(H,20,21)/t13-/m0/s1. The molecular formula is C15H22N4O4. The highest BCUT2D eigenvalue weighted by atomic mass is 16.5. The summed E-state index contributed by atoms with van der Waals surface area (Å²) in [6, 6.07) is 1.91. The quantitative estimate of drug-likeness (QED) is 0.784. The van der Waals surface area contributed by atoms with E-state index in [2.05, 4.69) is 10.4 Å². The van der Waals surface area contributed by atoms with Crippen LogP contribution >= 0.6 is 0 Å². The van der Waals surface area contributed by atoms with E-state index >= 15 is 0 Å². The second-order valence-electron chi connectivity index (χ2n) is 5.92. The molecule has 1 aromatic heterocycles. The number of fused-ring (bicyclic) bond motifs is 1. The first-order valence-electron chi connectivity index (χ1n) is 8.02. The van der Waals surface area contributed by atoms with Crippen LogP contribution in [0.3, 0.4) is 0 Å². The van der Waals surface area contributed by atoms with Gasteiger partial charge in [0.2, 0.25) is 0 Å². The predicted molar refractivity (Wildman–Crippen MR) is 80.8 cm³/mol. The van der Waals surface area contributed by atoms with Gasteiger partial charge in [-0.15, -0.1) is 0 Å². The molecule has 3 heterocycles. The van der Waals surface area contributed by atoms with Gasteiger partial charge in [-0.3, -0.25) is 14.3 Å². The Bertz CT molecular complexity index is 580. The average Bonchev–Trinajstić information content (AvgIpc) is 2.83. The van der Waals surface area contributed by atoms with Crippen molar-refractivity contribution in [3.63, 3.8) is 0 Å². The summed E-state index contributed by atoms with van der Waals surface area (Å²) >= 11 is 0. The van der Waals surface area contributed by atoms with Crippen molar-refractivity contribution < 1.29 is 19.4 Å². The van der Waals surface area contributed by atoms with Gasteiger partial charge in [0.1, 0.15) is 6.10 Å². The molecule has 0 saturated carbocycles. The summed E-state index contributed by atoms with van der Waals surface area (Å²) in [5.74, 6) is -0.814. The first-order valence-corrected chi connectivity index (χ1v) is 8.02. The van der Waals surface area contributed by atoms with Crippen LogP contribution in [0.25, 0.3) is 0 Å². The number of rotatable bonds is 4. The molecule has 1 saturated heterocycles. The number of hydrogen-bond donors (Lipinski definition) is 2. The lowest BCUT2D eigenvalue weighted by atomic mass is 10.2. The second kappa shape index (κ2) is 7.10. The molecule has 1 amide bonds. The minimum absolute atomic E-state index is 0.0129. The molecule has 2 N–H and O–H groups in total. The first-order chi connectivity index (χ1) is 11.1. The van der Waals surface area contributed by atoms with Crippen molar-refractivity contribution in [1.29, 1.82) is 0 Å². The van der Waals surface area contributed by atoms with E-state index in [0.717, 1.165) is 30.9 Å². The maximum absolute atomic E-state index is 12.6. The number of carboxylic acids is 1. The van der Waals surface area contributed by atoms with E-state index in [1.807, 2.05) is 15.6 Å². The molecule has 8 nitrogen and oxygen atoms in total. The number of ether oxygens (including phenoxy) is 1. The molecule has 2 aliphatic rings. The van der Waals surface area contributed by atoms with Crippen LogP contribution in [-0.4, -0.2) is 64.0 Å². The summed E-state index contributed by atoms with van der Waals surface area (Å²) in [5.41, 5.74) is 1.73. The molecule has 2 aliphatic heterocycles. The normalized spacial score (nSPS) is 21.6. The number of morpholine rings is 1.